The minimum Gasteiger partial charge on any atom is -1.00 e. The highest BCUT2D eigenvalue weighted by atomic mass is 79.9. The highest BCUT2D eigenvalue weighted by molar-refractivity contribution is 5.73. The standard InChI is InChI=1S/C39H52N2O8.2BrH/c1-26(42)46-36-12-7-5-10-28(36)24-40(3)30-16-17-31(40)21-34(20-30)48-38(44)14-9-15-39(45)49-35-22-32-18-19-33(23-35)41(32,4)25-29-11-6-8-13-37(29)47-27(2)43;;/h5-8,10-13,30-35H,9,14-25H2,1-4H3;2*1H/q+2;;/p-2. The Morgan fingerprint density at radius 1 is 0.588 bits per heavy atom. The van der Waals surface area contributed by atoms with Crippen LogP contribution in [-0.4, -0.2) is 83.3 Å². The van der Waals surface area contributed by atoms with Crippen molar-refractivity contribution in [3.63, 3.8) is 0 Å². The summed E-state index contributed by atoms with van der Waals surface area (Å²) in [6.07, 6.45) is 8.18. The van der Waals surface area contributed by atoms with Crippen molar-refractivity contribution in [2.75, 3.05) is 14.1 Å². The summed E-state index contributed by atoms with van der Waals surface area (Å²) in [6.45, 7) is 4.39. The van der Waals surface area contributed by atoms with Crippen LogP contribution in [0.3, 0.4) is 0 Å². The molecule has 0 N–H and O–H groups in total. The number of fused-ring (bicyclic) bond motifs is 4. The minimum absolute atomic E-state index is 0. The van der Waals surface area contributed by atoms with Crippen molar-refractivity contribution in [2.24, 2.45) is 0 Å². The largest absolute Gasteiger partial charge is 1.00 e. The lowest BCUT2D eigenvalue weighted by Gasteiger charge is -2.47. The lowest BCUT2D eigenvalue weighted by Crippen LogP contribution is -3.00. The number of hydrogen-bond acceptors (Lipinski definition) is 8. The Hall–Kier alpha value is -2.80. The van der Waals surface area contributed by atoms with Crippen LogP contribution in [0.2, 0.25) is 0 Å². The van der Waals surface area contributed by atoms with Gasteiger partial charge in [0.15, 0.2) is 0 Å². The molecule has 4 bridgehead atoms. The first-order valence-electron chi connectivity index (χ1n) is 18.0. The molecule has 12 heteroatoms. The van der Waals surface area contributed by atoms with Gasteiger partial charge < -0.3 is 61.9 Å². The van der Waals surface area contributed by atoms with E-state index in [0.717, 1.165) is 84.5 Å². The van der Waals surface area contributed by atoms with E-state index < -0.39 is 0 Å². The molecule has 10 nitrogen and oxygen atoms in total. The third-order valence-corrected chi connectivity index (χ3v) is 12.0. The fourth-order valence-corrected chi connectivity index (χ4v) is 9.47. The first kappa shape index (κ1) is 41.0. The summed E-state index contributed by atoms with van der Waals surface area (Å²) < 4.78 is 24.6. The van der Waals surface area contributed by atoms with Crippen molar-refractivity contribution >= 4 is 23.9 Å². The van der Waals surface area contributed by atoms with E-state index in [1.807, 2.05) is 48.5 Å². The number of nitrogens with zero attached hydrogens (tertiary/aromatic N) is 2. The maximum absolute atomic E-state index is 12.9. The molecule has 2 aromatic rings. The third kappa shape index (κ3) is 9.42. The molecule has 2 aromatic carbocycles. The van der Waals surface area contributed by atoms with Gasteiger partial charge in [0.1, 0.15) is 36.8 Å². The number of quaternary nitrogens is 2. The Morgan fingerprint density at radius 3 is 1.25 bits per heavy atom. The van der Waals surface area contributed by atoms with Crippen molar-refractivity contribution < 1.29 is 81.1 Å². The van der Waals surface area contributed by atoms with E-state index in [-0.39, 0.29) is 82.9 Å². The molecule has 6 rings (SSSR count). The van der Waals surface area contributed by atoms with Gasteiger partial charge >= 0.3 is 23.9 Å². The van der Waals surface area contributed by atoms with Crippen LogP contribution in [0, 0.1) is 0 Å². The summed E-state index contributed by atoms with van der Waals surface area (Å²) >= 11 is 0. The van der Waals surface area contributed by atoms with Gasteiger partial charge in [-0.1, -0.05) is 24.3 Å². The molecule has 4 aliphatic heterocycles. The Morgan fingerprint density at radius 2 is 0.922 bits per heavy atom. The van der Waals surface area contributed by atoms with Crippen LogP contribution in [0.25, 0.3) is 0 Å². The van der Waals surface area contributed by atoms with Gasteiger partial charge in [-0.3, -0.25) is 19.2 Å². The number of esters is 4. The zero-order valence-corrected chi connectivity index (χ0v) is 33.4. The molecule has 0 radical (unpaired) electrons. The van der Waals surface area contributed by atoms with Crippen LogP contribution in [0.5, 0.6) is 11.5 Å². The molecule has 51 heavy (non-hydrogen) atoms. The first-order valence-corrected chi connectivity index (χ1v) is 18.0. The Balaban J connectivity index is 0.00000292. The average Bonchev–Trinajstić information content (AvgIpc) is 3.27. The third-order valence-electron chi connectivity index (χ3n) is 12.0. The van der Waals surface area contributed by atoms with Gasteiger partial charge in [0, 0.05) is 89.2 Å². The maximum atomic E-state index is 12.9. The van der Waals surface area contributed by atoms with Crippen LogP contribution in [0.1, 0.15) is 95.6 Å². The molecular formula is C39H52Br2N2O8. The number of para-hydroxylation sites is 2. The quantitative estimate of drug-likeness (QED) is 0.165. The SMILES string of the molecule is CC(=O)Oc1ccccc1C[N+]1(C)C2CCC1CC(OC(=O)CCCC(=O)OC1CC3CCC(C1)[N+]3(C)Cc1ccccc1OC(C)=O)C2.[Br-].[Br-]. The predicted octanol–water partition coefficient (Wildman–Crippen LogP) is -0.218. The van der Waals surface area contributed by atoms with Crippen LogP contribution in [0.15, 0.2) is 48.5 Å². The zero-order chi connectivity index (χ0) is 34.8. The van der Waals surface area contributed by atoms with Gasteiger partial charge in [0.05, 0.1) is 38.3 Å². The maximum Gasteiger partial charge on any atom is 0.308 e. The number of benzene rings is 2. The molecule has 4 atom stereocenters. The second-order valence-electron chi connectivity index (χ2n) is 15.2. The molecule has 0 aliphatic carbocycles. The second kappa shape index (κ2) is 17.4. The predicted molar refractivity (Wildman–Crippen MR) is 181 cm³/mol. The average molecular weight is 837 g/mol. The number of rotatable bonds is 12. The topological polar surface area (TPSA) is 105 Å². The smallest absolute Gasteiger partial charge is 0.308 e. The van der Waals surface area contributed by atoms with E-state index in [9.17, 15) is 19.2 Å². The van der Waals surface area contributed by atoms with Crippen LogP contribution in [0.4, 0.5) is 0 Å². The Kier molecular flexibility index (Phi) is 13.9. The zero-order valence-electron chi connectivity index (χ0n) is 30.2. The molecular weight excluding hydrogens is 784 g/mol. The van der Waals surface area contributed by atoms with Crippen molar-refractivity contribution in [3.05, 3.63) is 59.7 Å². The fraction of sp³-hybridized carbons (Fsp3) is 0.590. The summed E-state index contributed by atoms with van der Waals surface area (Å²) in [5.74, 6) is 0.106. The van der Waals surface area contributed by atoms with Gasteiger partial charge in [-0.2, -0.15) is 0 Å². The van der Waals surface area contributed by atoms with Crippen molar-refractivity contribution in [1.29, 1.82) is 0 Å². The highest BCUT2D eigenvalue weighted by Gasteiger charge is 2.54. The molecule has 0 amide bonds. The van der Waals surface area contributed by atoms with E-state index in [1.54, 1.807) is 0 Å². The minimum atomic E-state index is -0.322. The lowest BCUT2D eigenvalue weighted by molar-refractivity contribution is -0.961. The van der Waals surface area contributed by atoms with E-state index in [1.165, 1.54) is 13.8 Å². The first-order chi connectivity index (χ1) is 23.4. The summed E-state index contributed by atoms with van der Waals surface area (Å²) in [5.41, 5.74) is 2.05. The van der Waals surface area contributed by atoms with E-state index in [2.05, 4.69) is 14.1 Å². The summed E-state index contributed by atoms with van der Waals surface area (Å²) in [5, 5.41) is 0. The van der Waals surface area contributed by atoms with Crippen LogP contribution in [-0.2, 0) is 41.7 Å². The van der Waals surface area contributed by atoms with Crippen molar-refractivity contribution in [1.82, 2.24) is 0 Å². The number of piperidine rings is 2. The van der Waals surface area contributed by atoms with E-state index in [0.29, 0.717) is 42.1 Å². The van der Waals surface area contributed by atoms with Gasteiger partial charge in [-0.05, 0) is 30.7 Å². The molecule has 0 aromatic heterocycles. The molecule has 0 saturated carbocycles. The van der Waals surface area contributed by atoms with Gasteiger partial charge in [-0.25, -0.2) is 0 Å². The second-order valence-corrected chi connectivity index (χ2v) is 15.2. The number of carbonyl (C=O) groups is 4. The van der Waals surface area contributed by atoms with Crippen molar-refractivity contribution in [3.8, 4) is 11.5 Å². The normalized spacial score (nSPS) is 30.3. The fourth-order valence-electron chi connectivity index (χ4n) is 9.47. The summed E-state index contributed by atoms with van der Waals surface area (Å²) in [7, 11) is 4.55. The van der Waals surface area contributed by atoms with Crippen LogP contribution < -0.4 is 43.4 Å². The molecule has 4 fully saturated rings. The Labute approximate surface area is 322 Å². The summed E-state index contributed by atoms with van der Waals surface area (Å²) in [4.78, 5) is 49.0. The molecule has 280 valence electrons. The molecule has 0 spiro atoms. The van der Waals surface area contributed by atoms with Crippen LogP contribution >= 0.6 is 0 Å². The highest BCUT2D eigenvalue weighted by Crippen LogP contribution is 2.46. The number of hydrogen-bond donors (Lipinski definition) is 0. The van der Waals surface area contributed by atoms with Gasteiger partial charge in [0.25, 0.3) is 0 Å². The lowest BCUT2D eigenvalue weighted by atomic mass is 9.95. The van der Waals surface area contributed by atoms with E-state index >= 15 is 0 Å². The Bertz CT molecular complexity index is 1430. The summed E-state index contributed by atoms with van der Waals surface area (Å²) in [6, 6.07) is 16.9. The number of ether oxygens (including phenoxy) is 4. The van der Waals surface area contributed by atoms with Crippen molar-refractivity contribution in [2.45, 2.75) is 134 Å². The number of carbonyl (C=O) groups excluding carboxylic acids is 4. The van der Waals surface area contributed by atoms with Gasteiger partial charge in [0.2, 0.25) is 0 Å². The molecule has 4 aliphatic rings. The van der Waals surface area contributed by atoms with E-state index in [4.69, 9.17) is 18.9 Å². The number of halogens is 2. The monoisotopic (exact) mass is 834 g/mol. The molecule has 4 saturated heterocycles. The van der Waals surface area contributed by atoms with Gasteiger partial charge in [-0.15, -0.1) is 0 Å². The molecule has 4 heterocycles. The molecule has 4 unspecified atom stereocenters.